The molecule has 2 N–H and O–H groups in total. The van der Waals surface area contributed by atoms with E-state index in [9.17, 15) is 9.18 Å². The molecule has 4 nitrogen and oxygen atoms in total. The summed E-state index contributed by atoms with van der Waals surface area (Å²) in [6, 6.07) is 4.27. The van der Waals surface area contributed by atoms with Crippen molar-refractivity contribution in [2.24, 2.45) is 5.73 Å². The van der Waals surface area contributed by atoms with Crippen LogP contribution in [0, 0.1) is 5.82 Å². The molecule has 19 heavy (non-hydrogen) atoms. The smallest absolute Gasteiger partial charge is 0.243 e. The standard InChI is InChI=1S/C13H15ClFN3O/c1-13(2,12(16)19)18-10-4-3-8(15)7-9(10)17-11(18)5-6-14/h3-4,7H,5-6H2,1-2H3,(H2,16,19). The lowest BCUT2D eigenvalue weighted by molar-refractivity contribution is -0.125. The molecule has 0 saturated heterocycles. The van der Waals surface area contributed by atoms with Gasteiger partial charge in [0.2, 0.25) is 5.91 Å². The topological polar surface area (TPSA) is 60.9 Å². The maximum absolute atomic E-state index is 13.3. The number of nitrogens with two attached hydrogens (primary N) is 1. The highest BCUT2D eigenvalue weighted by Gasteiger charge is 2.31. The van der Waals surface area contributed by atoms with Crippen LogP contribution in [0.4, 0.5) is 4.39 Å². The van der Waals surface area contributed by atoms with Crippen molar-refractivity contribution in [2.45, 2.75) is 25.8 Å². The summed E-state index contributed by atoms with van der Waals surface area (Å²) in [7, 11) is 0. The Morgan fingerprint density at radius 1 is 1.53 bits per heavy atom. The zero-order valence-corrected chi connectivity index (χ0v) is 11.5. The largest absolute Gasteiger partial charge is 0.368 e. The Kier molecular flexibility index (Phi) is 3.49. The second kappa shape index (κ2) is 4.81. The van der Waals surface area contributed by atoms with E-state index in [0.29, 0.717) is 29.2 Å². The predicted molar refractivity (Wildman–Crippen MR) is 72.6 cm³/mol. The van der Waals surface area contributed by atoms with Crippen LogP contribution < -0.4 is 5.73 Å². The molecule has 0 radical (unpaired) electrons. The van der Waals surface area contributed by atoms with Crippen LogP contribution in [0.2, 0.25) is 0 Å². The first-order valence-corrected chi connectivity index (χ1v) is 6.44. The van der Waals surface area contributed by atoms with Crippen LogP contribution in [0.25, 0.3) is 11.0 Å². The SMILES string of the molecule is CC(C)(C(N)=O)n1c(CCCl)nc2cc(F)ccc21. The van der Waals surface area contributed by atoms with E-state index in [1.54, 1.807) is 24.5 Å². The lowest BCUT2D eigenvalue weighted by atomic mass is 10.0. The molecule has 0 aliphatic heterocycles. The lowest BCUT2D eigenvalue weighted by Gasteiger charge is -2.25. The Hall–Kier alpha value is -1.62. The van der Waals surface area contributed by atoms with Crippen molar-refractivity contribution in [3.05, 3.63) is 29.8 Å². The number of hydrogen-bond donors (Lipinski definition) is 1. The molecule has 0 aliphatic carbocycles. The number of aromatic nitrogens is 2. The first-order valence-electron chi connectivity index (χ1n) is 5.91. The molecule has 1 amide bonds. The number of primary amides is 1. The zero-order chi connectivity index (χ0) is 14.2. The number of nitrogens with zero attached hydrogens (tertiary/aromatic N) is 2. The van der Waals surface area contributed by atoms with Gasteiger partial charge in [0, 0.05) is 18.4 Å². The molecule has 0 atom stereocenters. The summed E-state index contributed by atoms with van der Waals surface area (Å²) in [5, 5.41) is 0. The number of benzene rings is 1. The van der Waals surface area contributed by atoms with Crippen LogP contribution in [0.3, 0.4) is 0 Å². The van der Waals surface area contributed by atoms with E-state index in [-0.39, 0.29) is 5.82 Å². The number of rotatable bonds is 4. The molecule has 1 aromatic heterocycles. The van der Waals surface area contributed by atoms with Gasteiger partial charge < -0.3 is 10.3 Å². The molecule has 0 aliphatic rings. The highest BCUT2D eigenvalue weighted by Crippen LogP contribution is 2.26. The second-order valence-electron chi connectivity index (χ2n) is 4.86. The minimum Gasteiger partial charge on any atom is -0.368 e. The summed E-state index contributed by atoms with van der Waals surface area (Å²) < 4.78 is 15.0. The van der Waals surface area contributed by atoms with Crippen LogP contribution in [0.1, 0.15) is 19.7 Å². The molecule has 0 saturated carbocycles. The molecule has 0 fully saturated rings. The summed E-state index contributed by atoms with van der Waals surface area (Å²) in [6.45, 7) is 3.41. The highest BCUT2D eigenvalue weighted by molar-refractivity contribution is 6.17. The molecular formula is C13H15ClFN3O. The molecule has 0 bridgehead atoms. The number of halogens is 2. The number of amides is 1. The number of fused-ring (bicyclic) bond motifs is 1. The number of carbonyl (C=O) groups is 1. The Bertz CT molecular complexity index is 636. The third kappa shape index (κ3) is 2.30. The average Bonchev–Trinajstić information content (AvgIpc) is 2.66. The summed E-state index contributed by atoms with van der Waals surface area (Å²) in [5.41, 5.74) is 5.67. The molecule has 6 heteroatoms. The average molecular weight is 284 g/mol. The van der Waals surface area contributed by atoms with E-state index in [0.717, 1.165) is 0 Å². The summed E-state index contributed by atoms with van der Waals surface area (Å²) in [5.74, 6) is 0.137. The van der Waals surface area contributed by atoms with Crippen molar-refractivity contribution in [1.29, 1.82) is 0 Å². The van der Waals surface area contributed by atoms with E-state index in [4.69, 9.17) is 17.3 Å². The third-order valence-electron chi connectivity index (χ3n) is 3.17. The Balaban J connectivity index is 2.75. The van der Waals surface area contributed by atoms with Crippen molar-refractivity contribution in [3.63, 3.8) is 0 Å². The van der Waals surface area contributed by atoms with Gasteiger partial charge in [0.1, 0.15) is 17.2 Å². The lowest BCUT2D eigenvalue weighted by Crippen LogP contribution is -2.42. The molecule has 2 rings (SSSR count). The van der Waals surface area contributed by atoms with Gasteiger partial charge in [-0.25, -0.2) is 9.37 Å². The van der Waals surface area contributed by atoms with Crippen molar-refractivity contribution < 1.29 is 9.18 Å². The van der Waals surface area contributed by atoms with E-state index in [2.05, 4.69) is 4.98 Å². The van der Waals surface area contributed by atoms with Gasteiger partial charge in [0.15, 0.2) is 0 Å². The van der Waals surface area contributed by atoms with Gasteiger partial charge in [0.25, 0.3) is 0 Å². The van der Waals surface area contributed by atoms with Gasteiger partial charge in [-0.05, 0) is 26.0 Å². The van der Waals surface area contributed by atoms with Gasteiger partial charge in [-0.15, -0.1) is 11.6 Å². The fourth-order valence-electron chi connectivity index (χ4n) is 2.09. The van der Waals surface area contributed by atoms with E-state index < -0.39 is 11.4 Å². The number of carbonyl (C=O) groups excluding carboxylic acids is 1. The Labute approximate surface area is 115 Å². The Morgan fingerprint density at radius 2 is 2.21 bits per heavy atom. The van der Waals surface area contributed by atoms with Crippen LogP contribution >= 0.6 is 11.6 Å². The van der Waals surface area contributed by atoms with Gasteiger partial charge in [-0.2, -0.15) is 0 Å². The van der Waals surface area contributed by atoms with Crippen LogP contribution in [0.5, 0.6) is 0 Å². The number of imidazole rings is 1. The van der Waals surface area contributed by atoms with Crippen molar-refractivity contribution in [1.82, 2.24) is 9.55 Å². The summed E-state index contributed by atoms with van der Waals surface area (Å²) in [6.07, 6.45) is 0.481. The third-order valence-corrected chi connectivity index (χ3v) is 3.36. The van der Waals surface area contributed by atoms with Gasteiger partial charge in [-0.3, -0.25) is 4.79 Å². The predicted octanol–water partition coefficient (Wildman–Crippen LogP) is 2.18. The maximum Gasteiger partial charge on any atom is 0.243 e. The van der Waals surface area contributed by atoms with E-state index in [1.165, 1.54) is 12.1 Å². The molecule has 0 spiro atoms. The molecular weight excluding hydrogens is 269 g/mol. The maximum atomic E-state index is 13.3. The van der Waals surface area contributed by atoms with Gasteiger partial charge in [0.05, 0.1) is 11.0 Å². The van der Waals surface area contributed by atoms with Crippen molar-refractivity contribution in [2.75, 3.05) is 5.88 Å². The van der Waals surface area contributed by atoms with Gasteiger partial charge in [-0.1, -0.05) is 0 Å². The highest BCUT2D eigenvalue weighted by atomic mass is 35.5. The minimum absolute atomic E-state index is 0.362. The fraction of sp³-hybridized carbons (Fsp3) is 0.385. The molecule has 102 valence electrons. The van der Waals surface area contributed by atoms with Crippen molar-refractivity contribution >= 4 is 28.5 Å². The van der Waals surface area contributed by atoms with Gasteiger partial charge >= 0.3 is 0 Å². The van der Waals surface area contributed by atoms with Crippen molar-refractivity contribution in [3.8, 4) is 0 Å². The zero-order valence-electron chi connectivity index (χ0n) is 10.8. The van der Waals surface area contributed by atoms with Crippen LogP contribution in [0.15, 0.2) is 18.2 Å². The quantitative estimate of drug-likeness (QED) is 0.874. The molecule has 1 heterocycles. The first kappa shape index (κ1) is 13.8. The second-order valence-corrected chi connectivity index (χ2v) is 5.24. The monoisotopic (exact) mass is 283 g/mol. The first-order chi connectivity index (χ1) is 8.87. The number of alkyl halides is 1. The fourth-order valence-corrected chi connectivity index (χ4v) is 2.26. The normalized spacial score (nSPS) is 12.0. The van der Waals surface area contributed by atoms with E-state index in [1.807, 2.05) is 0 Å². The van der Waals surface area contributed by atoms with Crippen LogP contribution in [-0.4, -0.2) is 21.3 Å². The summed E-state index contributed by atoms with van der Waals surface area (Å²) in [4.78, 5) is 16.0. The molecule has 1 aromatic carbocycles. The van der Waals surface area contributed by atoms with Crippen LogP contribution in [-0.2, 0) is 16.8 Å². The summed E-state index contributed by atoms with van der Waals surface area (Å²) >= 11 is 5.75. The molecule has 2 aromatic rings. The number of hydrogen-bond acceptors (Lipinski definition) is 2. The van der Waals surface area contributed by atoms with E-state index >= 15 is 0 Å². The minimum atomic E-state index is -0.950. The number of aryl methyl sites for hydroxylation is 1. The molecule has 0 unspecified atom stereocenters. The Morgan fingerprint density at radius 3 is 2.79 bits per heavy atom.